The highest BCUT2D eigenvalue weighted by Gasteiger charge is 2.47. The van der Waals surface area contributed by atoms with Crippen LogP contribution in [0.4, 0.5) is 11.4 Å². The van der Waals surface area contributed by atoms with E-state index in [-0.39, 0.29) is 36.6 Å². The number of hydrogen-bond acceptors (Lipinski definition) is 6. The molecule has 2 amide bonds. The molecule has 2 aromatic carbocycles. The number of likely N-dealkylation sites (tertiary alicyclic amines) is 1. The number of nitrogens with zero attached hydrogens (tertiary/aromatic N) is 1. The first-order valence-corrected chi connectivity index (χ1v) is 12.1. The summed E-state index contributed by atoms with van der Waals surface area (Å²) in [5.41, 5.74) is 2.95. The topological polar surface area (TPSA) is 75.7 Å². The van der Waals surface area contributed by atoms with E-state index in [1.165, 1.54) is 9.80 Å². The third kappa shape index (κ3) is 3.90. The number of hydrogen-bond donors (Lipinski definition) is 1. The van der Waals surface area contributed by atoms with Crippen molar-refractivity contribution in [3.05, 3.63) is 48.0 Å². The van der Waals surface area contributed by atoms with Gasteiger partial charge in [0.1, 0.15) is 6.10 Å². The number of benzene rings is 2. The molecule has 1 aliphatic carbocycles. The van der Waals surface area contributed by atoms with Gasteiger partial charge in [-0.3, -0.25) is 19.3 Å². The molecular weight excluding hydrogens is 424 g/mol. The van der Waals surface area contributed by atoms with Crippen LogP contribution in [0.25, 0.3) is 0 Å². The van der Waals surface area contributed by atoms with Crippen molar-refractivity contribution < 1.29 is 19.1 Å². The monoisotopic (exact) mass is 450 g/mol. The van der Waals surface area contributed by atoms with Crippen molar-refractivity contribution in [2.45, 2.75) is 54.9 Å². The Morgan fingerprint density at radius 3 is 2.50 bits per heavy atom. The van der Waals surface area contributed by atoms with E-state index >= 15 is 0 Å². The van der Waals surface area contributed by atoms with E-state index in [0.29, 0.717) is 0 Å². The van der Waals surface area contributed by atoms with Crippen LogP contribution in [0.3, 0.4) is 0 Å². The summed E-state index contributed by atoms with van der Waals surface area (Å²) in [5, 5.41) is 3.44. The molecule has 7 heteroatoms. The smallest absolute Gasteiger partial charge is 0.308 e. The van der Waals surface area contributed by atoms with E-state index in [1.54, 1.807) is 11.8 Å². The molecule has 0 bridgehead atoms. The molecule has 6 nitrogen and oxygen atoms in total. The van der Waals surface area contributed by atoms with Crippen LogP contribution >= 0.6 is 11.8 Å². The molecule has 0 spiro atoms. The molecule has 2 heterocycles. The second-order valence-electron chi connectivity index (χ2n) is 8.69. The highest BCUT2D eigenvalue weighted by molar-refractivity contribution is 7.99. The Kier molecular flexibility index (Phi) is 5.67. The molecule has 1 N–H and O–H groups in total. The summed E-state index contributed by atoms with van der Waals surface area (Å²) < 4.78 is 5.62. The van der Waals surface area contributed by atoms with Gasteiger partial charge in [0.2, 0.25) is 11.8 Å². The van der Waals surface area contributed by atoms with Crippen molar-refractivity contribution in [1.29, 1.82) is 0 Å². The molecule has 0 unspecified atom stereocenters. The van der Waals surface area contributed by atoms with Crippen LogP contribution in [0.15, 0.2) is 52.3 Å². The van der Waals surface area contributed by atoms with Crippen LogP contribution in [-0.4, -0.2) is 29.2 Å². The van der Waals surface area contributed by atoms with Gasteiger partial charge in [-0.1, -0.05) is 42.8 Å². The summed E-state index contributed by atoms with van der Waals surface area (Å²) in [7, 11) is 0. The molecule has 2 fully saturated rings. The number of imide groups is 1. The highest BCUT2D eigenvalue weighted by atomic mass is 32.2. The van der Waals surface area contributed by atoms with Crippen molar-refractivity contribution in [2.24, 2.45) is 11.8 Å². The number of nitrogens with one attached hydrogen (secondary N) is 1. The lowest BCUT2D eigenvalue weighted by Gasteiger charge is -2.22. The van der Waals surface area contributed by atoms with Gasteiger partial charge in [0.15, 0.2) is 0 Å². The first-order valence-electron chi connectivity index (χ1n) is 11.2. The van der Waals surface area contributed by atoms with Crippen LogP contribution < -0.4 is 5.32 Å². The zero-order valence-electron chi connectivity index (χ0n) is 18.0. The van der Waals surface area contributed by atoms with E-state index in [2.05, 4.69) is 11.4 Å². The minimum Gasteiger partial charge on any atom is -0.458 e. The summed E-state index contributed by atoms with van der Waals surface area (Å²) in [6.45, 7) is 1.94. The van der Waals surface area contributed by atoms with Crippen molar-refractivity contribution >= 4 is 40.9 Å². The third-order valence-corrected chi connectivity index (χ3v) is 7.78. The van der Waals surface area contributed by atoms with Gasteiger partial charge in [0.05, 0.1) is 29.6 Å². The molecule has 3 aliphatic rings. The predicted octanol–water partition coefficient (Wildman–Crippen LogP) is 5.06. The molecule has 0 radical (unpaired) electrons. The zero-order chi connectivity index (χ0) is 22.2. The molecule has 1 saturated carbocycles. The second-order valence-corrected chi connectivity index (χ2v) is 9.77. The second kappa shape index (κ2) is 8.62. The van der Waals surface area contributed by atoms with E-state index in [1.807, 2.05) is 43.3 Å². The Balaban J connectivity index is 1.19. The Morgan fingerprint density at radius 2 is 1.75 bits per heavy atom. The summed E-state index contributed by atoms with van der Waals surface area (Å²) in [4.78, 5) is 41.2. The first-order chi connectivity index (χ1) is 15.5. The lowest BCUT2D eigenvalue weighted by Crippen LogP contribution is -2.33. The van der Waals surface area contributed by atoms with Crippen LogP contribution in [0, 0.1) is 11.8 Å². The molecule has 5 rings (SSSR count). The molecule has 2 aromatic rings. The number of para-hydroxylation sites is 1. The normalized spacial score (nSPS) is 22.5. The van der Waals surface area contributed by atoms with Crippen molar-refractivity contribution in [1.82, 2.24) is 4.90 Å². The number of anilines is 2. The molecule has 166 valence electrons. The quantitative estimate of drug-likeness (QED) is 0.432. The summed E-state index contributed by atoms with van der Waals surface area (Å²) in [6, 6.07) is 14.2. The zero-order valence-corrected chi connectivity index (χ0v) is 18.8. The summed E-state index contributed by atoms with van der Waals surface area (Å²) in [5.74, 6) is -0.995. The number of carbonyl (C=O) groups excluding carboxylic acids is 3. The number of esters is 1. The number of rotatable bonds is 5. The predicted molar refractivity (Wildman–Crippen MR) is 122 cm³/mol. The molecule has 0 aromatic heterocycles. The minimum atomic E-state index is -0.427. The van der Waals surface area contributed by atoms with Gasteiger partial charge in [-0.15, -0.1) is 0 Å². The van der Waals surface area contributed by atoms with E-state index in [4.69, 9.17) is 4.74 Å². The Bertz CT molecular complexity index is 1060. The fourth-order valence-electron chi connectivity index (χ4n) is 4.89. The van der Waals surface area contributed by atoms with Gasteiger partial charge in [-0.25, -0.2) is 0 Å². The molecule has 3 atom stereocenters. The van der Waals surface area contributed by atoms with Gasteiger partial charge in [-0.2, -0.15) is 0 Å². The maximum Gasteiger partial charge on any atom is 0.308 e. The van der Waals surface area contributed by atoms with Gasteiger partial charge in [0, 0.05) is 16.3 Å². The number of amides is 2. The fourth-order valence-corrected chi connectivity index (χ4v) is 5.86. The van der Waals surface area contributed by atoms with Gasteiger partial charge in [0.25, 0.3) is 0 Å². The largest absolute Gasteiger partial charge is 0.458 e. The average Bonchev–Trinajstić information content (AvgIpc) is 3.05. The standard InChI is InChI=1S/C25H26N2O4S/c1-15(16-10-11-22-20(14-16)26-19-8-4-5-9-21(19)32-22)31-23(28)12-13-27-24(29)17-6-2-3-7-18(17)25(27)30/h4-5,8-11,14-15,17-18,26H,2-3,6-7,12-13H2,1H3/t15-,17-,18+/m1/s1. The Hall–Kier alpha value is -2.80. The van der Waals surface area contributed by atoms with E-state index in [9.17, 15) is 14.4 Å². The lowest BCUT2D eigenvalue weighted by molar-refractivity contribution is -0.149. The van der Waals surface area contributed by atoms with Crippen molar-refractivity contribution in [3.63, 3.8) is 0 Å². The van der Waals surface area contributed by atoms with E-state index in [0.717, 1.165) is 47.5 Å². The third-order valence-electron chi connectivity index (χ3n) is 6.63. The average molecular weight is 451 g/mol. The van der Waals surface area contributed by atoms with Crippen LogP contribution in [0.5, 0.6) is 0 Å². The van der Waals surface area contributed by atoms with Crippen molar-refractivity contribution in [2.75, 3.05) is 11.9 Å². The van der Waals surface area contributed by atoms with Crippen LogP contribution in [-0.2, 0) is 19.1 Å². The van der Waals surface area contributed by atoms with Gasteiger partial charge < -0.3 is 10.1 Å². The molecule has 2 aliphatic heterocycles. The Labute approximate surface area is 191 Å². The molecular formula is C25H26N2O4S. The summed E-state index contributed by atoms with van der Waals surface area (Å²) >= 11 is 1.71. The number of fused-ring (bicyclic) bond motifs is 3. The van der Waals surface area contributed by atoms with Crippen LogP contribution in [0.2, 0.25) is 0 Å². The number of carbonyl (C=O) groups is 3. The summed E-state index contributed by atoms with van der Waals surface area (Å²) in [6.07, 6.45) is 3.14. The van der Waals surface area contributed by atoms with Gasteiger partial charge >= 0.3 is 5.97 Å². The maximum absolute atomic E-state index is 12.6. The minimum absolute atomic E-state index is 0.0215. The number of ether oxygens (including phenoxy) is 1. The lowest BCUT2D eigenvalue weighted by atomic mass is 9.81. The first kappa shape index (κ1) is 21.1. The van der Waals surface area contributed by atoms with Gasteiger partial charge in [-0.05, 0) is 49.6 Å². The maximum atomic E-state index is 12.6. The van der Waals surface area contributed by atoms with Crippen LogP contribution in [0.1, 0.15) is 50.7 Å². The van der Waals surface area contributed by atoms with E-state index < -0.39 is 12.1 Å². The highest BCUT2D eigenvalue weighted by Crippen LogP contribution is 2.44. The fraction of sp³-hybridized carbons (Fsp3) is 0.400. The Morgan fingerprint density at radius 1 is 1.06 bits per heavy atom. The molecule has 1 saturated heterocycles. The SMILES string of the molecule is C[C@@H](OC(=O)CCN1C(=O)[C@H]2CCCC[C@H]2C1=O)c1ccc2c(c1)Nc1ccccc1S2. The van der Waals surface area contributed by atoms with Crippen molar-refractivity contribution in [3.8, 4) is 0 Å². The molecule has 32 heavy (non-hydrogen) atoms.